The zero-order valence-electron chi connectivity index (χ0n) is 65.0. The lowest BCUT2D eigenvalue weighted by Gasteiger charge is -2.33. The van der Waals surface area contributed by atoms with Crippen LogP contribution in [0.5, 0.6) is 0 Å². The van der Waals surface area contributed by atoms with Crippen molar-refractivity contribution >= 4 is 99.8 Å². The van der Waals surface area contributed by atoms with Gasteiger partial charge in [-0.25, -0.2) is 9.78 Å². The number of piperazine rings is 1. The summed E-state index contributed by atoms with van der Waals surface area (Å²) in [7, 11) is 1.33. The van der Waals surface area contributed by atoms with Gasteiger partial charge in [0.2, 0.25) is 70.9 Å². The van der Waals surface area contributed by atoms with Crippen LogP contribution in [0.3, 0.4) is 0 Å². The van der Waals surface area contributed by atoms with E-state index in [1.54, 1.807) is 90.0 Å². The molecule has 0 radical (unpaired) electrons. The summed E-state index contributed by atoms with van der Waals surface area (Å²) in [4.78, 5) is 220. The largest absolute Gasteiger partial charge is 0.481 e. The summed E-state index contributed by atoms with van der Waals surface area (Å²) in [5, 5.41) is 49.3. The van der Waals surface area contributed by atoms with Gasteiger partial charge in [-0.1, -0.05) is 105 Å². The van der Waals surface area contributed by atoms with Crippen LogP contribution in [0, 0.1) is 5.95 Å². The smallest absolute Gasteiger partial charge is 0.317 e. The number of aliphatic carboxylic acids is 2. The van der Waals surface area contributed by atoms with Gasteiger partial charge in [0.25, 0.3) is 5.91 Å². The molecule has 3 aliphatic heterocycles. The van der Waals surface area contributed by atoms with Gasteiger partial charge in [-0.3, -0.25) is 72.0 Å². The van der Waals surface area contributed by atoms with E-state index in [-0.39, 0.29) is 136 Å². The molecular formula is C79H104FN17O19. The van der Waals surface area contributed by atoms with Gasteiger partial charge in [0.05, 0.1) is 58.0 Å². The van der Waals surface area contributed by atoms with Crippen LogP contribution >= 0.6 is 0 Å². The van der Waals surface area contributed by atoms with Gasteiger partial charge in [-0.15, -0.1) is 0 Å². The fourth-order valence-corrected chi connectivity index (χ4v) is 13.4. The van der Waals surface area contributed by atoms with Crippen molar-refractivity contribution in [3.05, 3.63) is 137 Å². The van der Waals surface area contributed by atoms with Gasteiger partial charge >= 0.3 is 18.0 Å². The molecule has 0 aliphatic carbocycles. The van der Waals surface area contributed by atoms with Crippen molar-refractivity contribution in [2.45, 2.75) is 146 Å². The van der Waals surface area contributed by atoms with Crippen molar-refractivity contribution < 1.29 is 96.0 Å². The molecule has 5 heterocycles. The number of fused-ring (bicyclic) bond motifs is 2. The summed E-state index contributed by atoms with van der Waals surface area (Å²) in [6.45, 7) is 0.909. The summed E-state index contributed by atoms with van der Waals surface area (Å²) in [5.74, 6) is -13.0. The Morgan fingerprint density at radius 2 is 1.21 bits per heavy atom. The normalized spacial score (nSPS) is 20.4. The van der Waals surface area contributed by atoms with Crippen molar-refractivity contribution in [1.82, 2.24) is 88.1 Å². The van der Waals surface area contributed by atoms with Gasteiger partial charge < -0.3 is 97.9 Å². The van der Waals surface area contributed by atoms with E-state index in [2.05, 4.69) is 68.5 Å². The lowest BCUT2D eigenvalue weighted by atomic mass is 9.99. The molecule has 116 heavy (non-hydrogen) atoms. The second-order valence-corrected chi connectivity index (χ2v) is 28.5. The molecule has 37 heteroatoms. The second kappa shape index (κ2) is 46.4. The highest BCUT2D eigenvalue weighted by atomic mass is 19.1. The van der Waals surface area contributed by atoms with E-state index >= 15 is 14.4 Å². The van der Waals surface area contributed by atoms with E-state index in [0.717, 1.165) is 34.9 Å². The minimum Gasteiger partial charge on any atom is -0.481 e. The Balaban J connectivity index is 1.04. The molecule has 8 rings (SSSR count). The van der Waals surface area contributed by atoms with Crippen molar-refractivity contribution in [2.75, 3.05) is 105 Å². The first-order valence-corrected chi connectivity index (χ1v) is 38.9. The number of ether oxygens (including phenoxy) is 2. The molecular weight excluding hydrogens is 1510 g/mol. The van der Waals surface area contributed by atoms with Gasteiger partial charge in [-0.05, 0) is 79.0 Å². The lowest BCUT2D eigenvalue weighted by molar-refractivity contribution is -0.146. The number of amides is 14. The number of nitrogens with zero attached hydrogens (tertiary/aromatic N) is 5. The molecule has 14 amide bonds. The minimum atomic E-state index is -1.82. The van der Waals surface area contributed by atoms with E-state index in [9.17, 15) is 72.1 Å². The van der Waals surface area contributed by atoms with E-state index in [0.29, 0.717) is 59.1 Å². The number of aromatic nitrogens is 2. The van der Waals surface area contributed by atoms with Gasteiger partial charge in [0.1, 0.15) is 48.9 Å². The number of nitrogens with one attached hydrogen (secondary N) is 12. The Morgan fingerprint density at radius 3 is 1.92 bits per heavy atom. The standard InChI is InChI=1S/C79H104FN17O19/c1-3-4-5-9-19-58-74(109)91-60(40-54-44-83-56-18-11-10-17-55(54)56)72(107)87-46-66(99)89-57(20-12-13-28-82-79(114)96-33-31-95(32-34-96)48-70(104)105)73(108)93-61(41-69(102)103)78(113)97-30-14-21-62(97)76(111)88-45-65(98)86-47-68(101)94(2)63(39-50-15-7-6-8-16-50)77(112)92-59(75(110)90-58)38-51-22-24-52(25-23-51)42-85-67(100)49-116-37-36-115-35-29-81-71(106)53-26-27-64(80)84-43-53/h6-8,10-11,15-18,22-27,43-44,57-63,83H,3-5,9,12-14,19-21,28-42,45-49H2,1-2H3,(H,81,106)(H,82,114)(H,85,100)(H,86,98)(H,87,107)(H,88,111)(H,89,99)(H,90,110)(H,91,109)(H,92,112)(H,93,108)(H,102,103)(H,104,105)/t57-,58-,59-,60-,61-,62+,63-/m0/s1. The third-order valence-corrected chi connectivity index (χ3v) is 19.8. The number of hydrogen-bond acceptors (Lipinski definition) is 19. The maximum absolute atomic E-state index is 15.3. The van der Waals surface area contributed by atoms with Crippen LogP contribution in [0.4, 0.5) is 9.18 Å². The Kier molecular flexibility index (Phi) is 35.8. The number of para-hydroxylation sites is 1. The third-order valence-electron chi connectivity index (χ3n) is 19.8. The number of unbranched alkanes of at least 4 members (excludes halogenated alkanes) is 4. The first-order valence-electron chi connectivity index (χ1n) is 38.9. The predicted molar refractivity (Wildman–Crippen MR) is 416 cm³/mol. The molecule has 2 aromatic heterocycles. The van der Waals surface area contributed by atoms with Crippen LogP contribution in [0.1, 0.15) is 110 Å². The fourth-order valence-electron chi connectivity index (χ4n) is 13.4. The number of benzene rings is 3. The van der Waals surface area contributed by atoms with Crippen molar-refractivity contribution in [3.63, 3.8) is 0 Å². The predicted octanol–water partition coefficient (Wildman–Crippen LogP) is -0.559. The van der Waals surface area contributed by atoms with E-state index in [1.165, 1.54) is 18.0 Å². The van der Waals surface area contributed by atoms with Gasteiger partial charge in [0, 0.05) is 102 Å². The summed E-state index contributed by atoms with van der Waals surface area (Å²) < 4.78 is 24.1. The number of pyridine rings is 1. The molecule has 3 aromatic carbocycles. The number of likely N-dealkylation sites (N-methyl/N-ethyl adjacent to an activating group) is 1. The lowest BCUT2D eigenvalue weighted by Crippen LogP contribution is -2.60. The van der Waals surface area contributed by atoms with E-state index in [4.69, 9.17) is 9.47 Å². The summed E-state index contributed by atoms with van der Waals surface area (Å²) in [6, 6.07) is 14.1. The number of carbonyl (C=O) groups is 15. The molecule has 5 aromatic rings. The average Bonchev–Trinajstić information content (AvgIpc) is 1.61. The molecule has 0 spiro atoms. The molecule has 3 fully saturated rings. The monoisotopic (exact) mass is 1610 g/mol. The van der Waals surface area contributed by atoms with Crippen LogP contribution < -0.4 is 58.5 Å². The molecule has 0 bridgehead atoms. The van der Waals surface area contributed by atoms with Gasteiger partial charge in [0.15, 0.2) is 0 Å². The molecule has 0 saturated carbocycles. The van der Waals surface area contributed by atoms with Crippen LogP contribution in [0.25, 0.3) is 10.9 Å². The minimum absolute atomic E-state index is 0.0196. The molecule has 7 atom stereocenters. The highest BCUT2D eigenvalue weighted by Crippen LogP contribution is 2.23. The fraction of sp³-hybridized carbons (Fsp3) is 0.494. The van der Waals surface area contributed by atoms with E-state index < -0.39 is 163 Å². The molecule has 626 valence electrons. The highest BCUT2D eigenvalue weighted by molar-refractivity contribution is 6.00. The summed E-state index contributed by atoms with van der Waals surface area (Å²) >= 11 is 0. The van der Waals surface area contributed by atoms with Crippen molar-refractivity contribution in [3.8, 4) is 0 Å². The number of carboxylic acids is 2. The number of rotatable bonds is 31. The van der Waals surface area contributed by atoms with Gasteiger partial charge in [-0.2, -0.15) is 4.39 Å². The first-order chi connectivity index (χ1) is 55.8. The number of aromatic amines is 1. The zero-order valence-corrected chi connectivity index (χ0v) is 65.0. The molecule has 14 N–H and O–H groups in total. The Bertz CT molecular complexity index is 4210. The maximum atomic E-state index is 15.3. The summed E-state index contributed by atoms with van der Waals surface area (Å²) in [6.07, 6.45) is 4.28. The first kappa shape index (κ1) is 89.6. The Hall–Kier alpha value is -12.0. The van der Waals surface area contributed by atoms with Crippen LogP contribution in [0.15, 0.2) is 103 Å². The molecule has 36 nitrogen and oxygen atoms in total. The quantitative estimate of drug-likeness (QED) is 0.0195. The Morgan fingerprint density at radius 1 is 0.569 bits per heavy atom. The van der Waals surface area contributed by atoms with Crippen LogP contribution in [0.2, 0.25) is 0 Å². The molecule has 3 aliphatic rings. The molecule has 0 unspecified atom stereocenters. The number of urea groups is 1. The third kappa shape index (κ3) is 29.1. The Labute approximate surface area is 669 Å². The SMILES string of the molecule is CCCCCC[C@@H]1NC(=O)[C@H](Cc2ccc(CNC(=O)COCCOCCNC(=O)c3ccc(F)nc3)cc2)NC(=O)[C@H](Cc2ccccc2)N(C)C(=O)CNC(=O)CNC(=O)[C@H]2CCCN2C(=O)[C@H](CC(=O)O)NC(=O)[C@H](CCCCNC(=O)N2CCN(CC(=O)O)CC2)NC(=O)CNC(=O)[C@H](Cc2c[nH]c3ccccc23)NC1=O. The van der Waals surface area contributed by atoms with Crippen LogP contribution in [-0.4, -0.2) is 276 Å². The number of H-pyrrole nitrogens is 1. The zero-order chi connectivity index (χ0) is 83.5. The average molecular weight is 1610 g/mol. The maximum Gasteiger partial charge on any atom is 0.317 e. The molecule has 3 saturated heterocycles. The number of hydrogen-bond donors (Lipinski definition) is 14. The number of carbonyl (C=O) groups excluding carboxylic acids is 13. The highest BCUT2D eigenvalue weighted by Gasteiger charge is 2.41. The number of halogens is 1. The van der Waals surface area contributed by atoms with Crippen LogP contribution in [-0.2, 0) is 97.6 Å². The number of carboxylic acid groups (broad SMARTS) is 2. The van der Waals surface area contributed by atoms with Crippen molar-refractivity contribution in [2.24, 2.45) is 0 Å². The van der Waals surface area contributed by atoms with E-state index in [1.807, 2.05) is 6.92 Å². The topological polar surface area (TPSA) is 489 Å². The summed E-state index contributed by atoms with van der Waals surface area (Å²) in [5.41, 5.74) is 3.13. The van der Waals surface area contributed by atoms with Crippen molar-refractivity contribution in [1.29, 1.82) is 0 Å². The second-order valence-electron chi connectivity index (χ2n) is 28.5.